The third-order valence-corrected chi connectivity index (χ3v) is 3.68. The van der Waals surface area contributed by atoms with E-state index in [1.165, 1.54) is 11.8 Å². The number of carbonyl (C=O) groups excluding carboxylic acids is 1. The number of amides is 1. The maximum atomic E-state index is 11.9. The van der Waals surface area contributed by atoms with Gasteiger partial charge in [-0.05, 0) is 50.1 Å². The van der Waals surface area contributed by atoms with Crippen molar-refractivity contribution in [2.45, 2.75) is 33.3 Å². The molecule has 0 aliphatic heterocycles. The lowest BCUT2D eigenvalue weighted by atomic mass is 10.2. The van der Waals surface area contributed by atoms with Crippen molar-refractivity contribution in [3.8, 4) is 17.2 Å². The van der Waals surface area contributed by atoms with Crippen molar-refractivity contribution in [3.05, 3.63) is 53.6 Å². The topological polar surface area (TPSA) is 69.2 Å². The molecule has 0 saturated heterocycles. The van der Waals surface area contributed by atoms with Crippen LogP contribution in [0.25, 0.3) is 0 Å². The summed E-state index contributed by atoms with van der Waals surface area (Å²) < 4.78 is 16.6. The predicted molar refractivity (Wildman–Crippen MR) is 106 cm³/mol. The Hall–Kier alpha value is -3.02. The molecule has 6 heteroatoms. The van der Waals surface area contributed by atoms with Gasteiger partial charge in [-0.2, -0.15) is 5.10 Å². The quantitative estimate of drug-likeness (QED) is 0.541. The molecule has 0 atom stereocenters. The Morgan fingerprint density at radius 1 is 1.19 bits per heavy atom. The standard InChI is InChI=1S/C21H26N2O4/c1-5-16-9-11-18(12-10-16)26-14-20(24)23-22-13-17-7-6-8-19(25-4)21(17)27-15(2)3/h6-13,15H,5,14H2,1-4H3,(H,23,24)/b22-13-. The fraction of sp³-hybridized carbons (Fsp3) is 0.333. The highest BCUT2D eigenvalue weighted by Crippen LogP contribution is 2.30. The molecule has 6 nitrogen and oxygen atoms in total. The molecule has 0 aromatic heterocycles. The molecule has 0 spiro atoms. The zero-order valence-electron chi connectivity index (χ0n) is 16.2. The number of rotatable bonds is 9. The van der Waals surface area contributed by atoms with Crippen LogP contribution in [-0.4, -0.2) is 31.9 Å². The second kappa shape index (κ2) is 10.2. The normalized spacial score (nSPS) is 10.9. The zero-order valence-corrected chi connectivity index (χ0v) is 16.2. The molecule has 0 radical (unpaired) electrons. The molecule has 0 heterocycles. The molecule has 2 rings (SSSR count). The number of para-hydroxylation sites is 1. The van der Waals surface area contributed by atoms with Crippen molar-refractivity contribution < 1.29 is 19.0 Å². The molecule has 2 aromatic rings. The lowest BCUT2D eigenvalue weighted by Gasteiger charge is -2.15. The van der Waals surface area contributed by atoms with E-state index in [9.17, 15) is 4.79 Å². The molecule has 0 fully saturated rings. The van der Waals surface area contributed by atoms with Crippen LogP contribution in [0.5, 0.6) is 17.2 Å². The van der Waals surface area contributed by atoms with Gasteiger partial charge in [0.15, 0.2) is 18.1 Å². The Balaban J connectivity index is 1.93. The van der Waals surface area contributed by atoms with Crippen molar-refractivity contribution >= 4 is 12.1 Å². The number of ether oxygens (including phenoxy) is 3. The van der Waals surface area contributed by atoms with Gasteiger partial charge in [-0.15, -0.1) is 0 Å². The third kappa shape index (κ3) is 6.33. The molecule has 1 N–H and O–H groups in total. The van der Waals surface area contributed by atoms with Crippen LogP contribution >= 0.6 is 0 Å². The highest BCUT2D eigenvalue weighted by molar-refractivity contribution is 5.86. The van der Waals surface area contributed by atoms with E-state index in [1.807, 2.05) is 56.3 Å². The van der Waals surface area contributed by atoms with E-state index >= 15 is 0 Å². The van der Waals surface area contributed by atoms with Gasteiger partial charge >= 0.3 is 0 Å². The van der Waals surface area contributed by atoms with Crippen LogP contribution in [0.1, 0.15) is 31.9 Å². The van der Waals surface area contributed by atoms with Crippen LogP contribution in [0, 0.1) is 0 Å². The van der Waals surface area contributed by atoms with Crippen LogP contribution in [-0.2, 0) is 11.2 Å². The Morgan fingerprint density at radius 3 is 2.56 bits per heavy atom. The molecule has 144 valence electrons. The van der Waals surface area contributed by atoms with E-state index in [0.717, 1.165) is 6.42 Å². The zero-order chi connectivity index (χ0) is 19.6. The second-order valence-electron chi connectivity index (χ2n) is 6.12. The van der Waals surface area contributed by atoms with Gasteiger partial charge < -0.3 is 14.2 Å². The number of methoxy groups -OCH3 is 1. The van der Waals surface area contributed by atoms with E-state index in [4.69, 9.17) is 14.2 Å². The van der Waals surface area contributed by atoms with Gasteiger partial charge in [0, 0.05) is 5.56 Å². The van der Waals surface area contributed by atoms with E-state index in [0.29, 0.717) is 22.8 Å². The monoisotopic (exact) mass is 370 g/mol. The largest absolute Gasteiger partial charge is 0.493 e. The Morgan fingerprint density at radius 2 is 1.93 bits per heavy atom. The Bertz CT molecular complexity index is 770. The minimum absolute atomic E-state index is 0.0180. The number of hydrogen-bond donors (Lipinski definition) is 1. The van der Waals surface area contributed by atoms with Gasteiger partial charge in [-0.25, -0.2) is 5.43 Å². The second-order valence-corrected chi connectivity index (χ2v) is 6.12. The Kier molecular flexibility index (Phi) is 7.67. The smallest absolute Gasteiger partial charge is 0.277 e. The number of hydrazone groups is 1. The maximum absolute atomic E-state index is 11.9. The first-order chi connectivity index (χ1) is 13.0. The summed E-state index contributed by atoms with van der Waals surface area (Å²) in [7, 11) is 1.58. The summed E-state index contributed by atoms with van der Waals surface area (Å²) in [6, 6.07) is 13.1. The van der Waals surface area contributed by atoms with Gasteiger partial charge in [-0.1, -0.05) is 25.1 Å². The minimum atomic E-state index is -0.347. The van der Waals surface area contributed by atoms with Gasteiger partial charge in [0.2, 0.25) is 0 Å². The number of aryl methyl sites for hydroxylation is 1. The van der Waals surface area contributed by atoms with E-state index in [-0.39, 0.29) is 18.6 Å². The fourth-order valence-electron chi connectivity index (χ4n) is 2.33. The van der Waals surface area contributed by atoms with Crippen LogP contribution < -0.4 is 19.6 Å². The molecule has 0 aliphatic rings. The molecule has 0 bridgehead atoms. The van der Waals surface area contributed by atoms with Crippen LogP contribution in [0.15, 0.2) is 47.6 Å². The lowest BCUT2D eigenvalue weighted by molar-refractivity contribution is -0.123. The number of nitrogens with zero attached hydrogens (tertiary/aromatic N) is 1. The SMILES string of the molecule is CCc1ccc(OCC(=O)N/N=C\c2cccc(OC)c2OC(C)C)cc1. The fourth-order valence-corrected chi connectivity index (χ4v) is 2.33. The first kappa shape index (κ1) is 20.3. The average molecular weight is 370 g/mol. The maximum Gasteiger partial charge on any atom is 0.277 e. The summed E-state index contributed by atoms with van der Waals surface area (Å²) in [4.78, 5) is 11.9. The van der Waals surface area contributed by atoms with Crippen molar-refractivity contribution in [2.75, 3.05) is 13.7 Å². The lowest BCUT2D eigenvalue weighted by Crippen LogP contribution is -2.24. The summed E-state index contributed by atoms with van der Waals surface area (Å²) in [5.41, 5.74) is 4.38. The molecule has 0 aliphatic carbocycles. The van der Waals surface area contributed by atoms with Gasteiger partial charge in [0.1, 0.15) is 5.75 Å². The van der Waals surface area contributed by atoms with Gasteiger partial charge in [0.25, 0.3) is 5.91 Å². The van der Waals surface area contributed by atoms with Crippen molar-refractivity contribution in [2.24, 2.45) is 5.10 Å². The van der Waals surface area contributed by atoms with E-state index < -0.39 is 0 Å². The molecular formula is C21H26N2O4. The van der Waals surface area contributed by atoms with E-state index in [1.54, 1.807) is 7.11 Å². The van der Waals surface area contributed by atoms with E-state index in [2.05, 4.69) is 17.5 Å². The Labute approximate surface area is 160 Å². The predicted octanol–water partition coefficient (Wildman–Crippen LogP) is 3.57. The number of nitrogens with one attached hydrogen (secondary N) is 1. The third-order valence-electron chi connectivity index (χ3n) is 3.68. The summed E-state index contributed by atoms with van der Waals surface area (Å²) >= 11 is 0. The molecule has 1 amide bonds. The number of carbonyl (C=O) groups is 1. The van der Waals surface area contributed by atoms with Crippen LogP contribution in [0.4, 0.5) is 0 Å². The number of benzene rings is 2. The van der Waals surface area contributed by atoms with Crippen molar-refractivity contribution in [3.63, 3.8) is 0 Å². The summed E-state index contributed by atoms with van der Waals surface area (Å²) in [6.07, 6.45) is 2.46. The summed E-state index contributed by atoms with van der Waals surface area (Å²) in [5.74, 6) is 1.49. The first-order valence-electron chi connectivity index (χ1n) is 8.90. The van der Waals surface area contributed by atoms with Crippen molar-refractivity contribution in [1.29, 1.82) is 0 Å². The molecule has 0 unspecified atom stereocenters. The van der Waals surface area contributed by atoms with Gasteiger partial charge in [-0.3, -0.25) is 4.79 Å². The van der Waals surface area contributed by atoms with Crippen LogP contribution in [0.3, 0.4) is 0 Å². The average Bonchev–Trinajstić information content (AvgIpc) is 2.67. The van der Waals surface area contributed by atoms with Crippen LogP contribution in [0.2, 0.25) is 0 Å². The van der Waals surface area contributed by atoms with Crippen molar-refractivity contribution in [1.82, 2.24) is 5.43 Å². The molecule has 27 heavy (non-hydrogen) atoms. The highest BCUT2D eigenvalue weighted by atomic mass is 16.5. The highest BCUT2D eigenvalue weighted by Gasteiger charge is 2.11. The number of hydrogen-bond acceptors (Lipinski definition) is 5. The molecule has 2 aromatic carbocycles. The summed E-state index contributed by atoms with van der Waals surface area (Å²) in [6.45, 7) is 5.83. The van der Waals surface area contributed by atoms with Gasteiger partial charge in [0.05, 0.1) is 19.4 Å². The minimum Gasteiger partial charge on any atom is -0.493 e. The molecule has 0 saturated carbocycles. The first-order valence-corrected chi connectivity index (χ1v) is 8.90. The summed E-state index contributed by atoms with van der Waals surface area (Å²) in [5, 5.41) is 3.98. The molecular weight excluding hydrogens is 344 g/mol.